The maximum atomic E-state index is 12.7. The zero-order valence-corrected chi connectivity index (χ0v) is 55.4. The average Bonchev–Trinajstić information content (AvgIpc) is 2.20. The van der Waals surface area contributed by atoms with Gasteiger partial charge in [-0.2, -0.15) is 0 Å². The largest absolute Gasteiger partial charge is 0.495 e. The minimum Gasteiger partial charge on any atom is -0.399 e. The van der Waals surface area contributed by atoms with E-state index in [4.69, 9.17) is 60.5 Å². The second-order valence-corrected chi connectivity index (χ2v) is 29.6. The average molecular weight is 1430 g/mol. The molecule has 11 rings (SSSR count). The summed E-state index contributed by atoms with van der Waals surface area (Å²) in [6.45, 7) is 11.8. The van der Waals surface area contributed by atoms with Crippen molar-refractivity contribution < 1.29 is 34.6 Å². The highest BCUT2D eigenvalue weighted by atomic mass is 79.9. The van der Waals surface area contributed by atoms with Crippen LogP contribution < -0.4 is 31.3 Å². The molecule has 1 aliphatic heterocycles. The Labute approximate surface area is 531 Å². The van der Waals surface area contributed by atoms with Crippen molar-refractivity contribution in [3.63, 3.8) is 0 Å². The van der Waals surface area contributed by atoms with Gasteiger partial charge in [0.15, 0.2) is 0 Å². The summed E-state index contributed by atoms with van der Waals surface area (Å²) in [5.74, 6) is 3.92. The third-order valence-electron chi connectivity index (χ3n) is 13.7. The summed E-state index contributed by atoms with van der Waals surface area (Å²) in [6, 6.07) is 15.8. The molecule has 0 spiro atoms. The number of aryl methyl sites for hydroxylation is 2. The van der Waals surface area contributed by atoms with E-state index in [9.17, 15) is 25.3 Å². The number of pyridine rings is 5. The van der Waals surface area contributed by atoms with E-state index < -0.39 is 36.2 Å². The Morgan fingerprint density at radius 1 is 0.541 bits per heavy atom. The second kappa shape index (κ2) is 29.6. The summed E-state index contributed by atoms with van der Waals surface area (Å²) in [5.41, 5.74) is 6.94. The van der Waals surface area contributed by atoms with Crippen LogP contribution in [0, 0.1) is 13.8 Å². The number of nitrogens with zero attached hydrogens (tertiary/aromatic N) is 9. The Hall–Kier alpha value is -4.66. The summed E-state index contributed by atoms with van der Waals surface area (Å²) in [6.07, 6.45) is 20.5. The van der Waals surface area contributed by atoms with Crippen molar-refractivity contribution in [2.75, 3.05) is 10.6 Å². The van der Waals surface area contributed by atoms with E-state index in [1.165, 1.54) is 49.9 Å². The van der Waals surface area contributed by atoms with Crippen LogP contribution in [0.2, 0.25) is 15.5 Å². The summed E-state index contributed by atoms with van der Waals surface area (Å²) in [7, 11) is -6.44. The number of nitrogens with one attached hydrogen (secondary N) is 4. The monoisotopic (exact) mass is 1430 g/mol. The van der Waals surface area contributed by atoms with E-state index in [0.29, 0.717) is 55.5 Å². The summed E-state index contributed by atoms with van der Waals surface area (Å²) >= 11 is 23.6. The van der Waals surface area contributed by atoms with Gasteiger partial charge in [0.05, 0.1) is 11.2 Å². The molecule has 7 aromatic heterocycles. The molecule has 4 aliphatic rings. The number of rotatable bonds is 13. The Morgan fingerprint density at radius 2 is 0.953 bits per heavy atom. The number of hydrogen-bond acceptors (Lipinski definition) is 20. The third kappa shape index (κ3) is 19.7. The van der Waals surface area contributed by atoms with Crippen molar-refractivity contribution in [1.29, 1.82) is 0 Å². The van der Waals surface area contributed by atoms with Crippen molar-refractivity contribution in [3.8, 4) is 11.1 Å². The summed E-state index contributed by atoms with van der Waals surface area (Å²) in [5, 5.41) is 6.10. The lowest BCUT2D eigenvalue weighted by atomic mass is 9.80. The highest BCUT2D eigenvalue weighted by Gasteiger charge is 2.51. The standard InChI is InChI=1S/C19H19ClN6O2S.C16H21BN4O2.C9H10BrClN2O2S.C5H2BrCl2NO2S.C4H9N/c1-12-21-8-6-17(24-12)25-18-10-13(5-7-22-18)14-9-16(19(20)23-11-14)29(27,28)26-15-3-2-4-15;1-11-18-9-7-13(20-11)21-14-10-12(6-8-19-14)17-22-15(2,3)16(4,5)23-17;10-6-4-8(9(11)12-5-6)16(14,15)13-7-2-1-3-7;6-3-1-4(12(8,10)11)5(7)9-2-3;5-4-2-1-3-4/h5-11,15,26H,2-4H2,1H3,(H,21,22,24,25);6-10H,1-5H3,(H,18,19,20,21);4-5,7,13H,1-3H2;1-2H;4H,1-3,5H2. The van der Waals surface area contributed by atoms with Crippen LogP contribution >= 0.6 is 77.3 Å². The molecule has 0 radical (unpaired) electrons. The topological polar surface area (TPSA) is 311 Å². The molecule has 0 aromatic carbocycles. The molecule has 3 saturated carbocycles. The summed E-state index contributed by atoms with van der Waals surface area (Å²) in [4.78, 5) is 36.6. The quantitative estimate of drug-likeness (QED) is 0.0407. The van der Waals surface area contributed by atoms with E-state index in [2.05, 4.69) is 96.8 Å². The van der Waals surface area contributed by atoms with Crippen LogP contribution in [0.4, 0.5) is 23.3 Å². The van der Waals surface area contributed by atoms with Gasteiger partial charge in [-0.3, -0.25) is 0 Å². The van der Waals surface area contributed by atoms with Crippen molar-refractivity contribution in [3.05, 3.63) is 134 Å². The van der Waals surface area contributed by atoms with Crippen LogP contribution in [0.1, 0.15) is 97.1 Å². The number of anilines is 4. The molecule has 0 unspecified atom stereocenters. The maximum absolute atomic E-state index is 12.7. The van der Waals surface area contributed by atoms with Crippen molar-refractivity contribution in [1.82, 2.24) is 54.3 Å². The van der Waals surface area contributed by atoms with Crippen LogP contribution in [0.25, 0.3) is 11.1 Å². The van der Waals surface area contributed by atoms with Crippen molar-refractivity contribution >= 4 is 142 Å². The van der Waals surface area contributed by atoms with Gasteiger partial charge in [0, 0.05) is 86.7 Å². The van der Waals surface area contributed by atoms with Crippen molar-refractivity contribution in [2.45, 2.75) is 143 Å². The fraction of sp³-hybridized carbons (Fsp3) is 0.377. The Balaban J connectivity index is 0.000000165. The van der Waals surface area contributed by atoms with Crippen molar-refractivity contribution in [2.24, 2.45) is 5.73 Å². The molecule has 6 N–H and O–H groups in total. The minimum absolute atomic E-state index is 0.00461. The molecule has 0 amide bonds. The van der Waals surface area contributed by atoms with Crippen LogP contribution in [0.5, 0.6) is 0 Å². The van der Waals surface area contributed by atoms with Gasteiger partial charge < -0.3 is 25.7 Å². The molecular formula is C53H61BBr2Cl4N14O8S3. The molecule has 4 fully saturated rings. The molecule has 85 heavy (non-hydrogen) atoms. The first-order chi connectivity index (χ1) is 40.0. The fourth-order valence-corrected chi connectivity index (χ4v) is 13.5. The molecule has 0 bridgehead atoms. The molecule has 454 valence electrons. The molecule has 32 heteroatoms. The molecule has 1 saturated heterocycles. The minimum atomic E-state index is -3.81. The number of nitrogens with two attached hydrogens (primary N) is 1. The molecule has 22 nitrogen and oxygen atoms in total. The molecular weight excluding hydrogens is 1370 g/mol. The van der Waals surface area contributed by atoms with Crippen LogP contribution in [-0.2, 0) is 38.4 Å². The van der Waals surface area contributed by atoms with Gasteiger partial charge in [0.1, 0.15) is 65.1 Å². The van der Waals surface area contributed by atoms with Crippen LogP contribution in [0.3, 0.4) is 0 Å². The van der Waals surface area contributed by atoms with Gasteiger partial charge in [-0.15, -0.1) is 0 Å². The van der Waals surface area contributed by atoms with Gasteiger partial charge in [-0.25, -0.2) is 79.6 Å². The Morgan fingerprint density at radius 3 is 1.38 bits per heavy atom. The summed E-state index contributed by atoms with van der Waals surface area (Å²) < 4.78 is 89.5. The Kier molecular flexibility index (Phi) is 23.6. The van der Waals surface area contributed by atoms with Gasteiger partial charge in [-0.1, -0.05) is 54.1 Å². The lowest BCUT2D eigenvalue weighted by Crippen LogP contribution is -2.41. The number of halogens is 6. The van der Waals surface area contributed by atoms with Gasteiger partial charge in [0.25, 0.3) is 9.05 Å². The third-order valence-corrected chi connectivity index (χ3v) is 20.2. The first kappa shape index (κ1) is 67.8. The normalized spacial score (nSPS) is 16.4. The Bertz CT molecular complexity index is 3810. The number of hydrogen-bond donors (Lipinski definition) is 5. The first-order valence-corrected chi connectivity index (χ1v) is 34.4. The van der Waals surface area contributed by atoms with Gasteiger partial charge in [-0.05, 0) is 178 Å². The zero-order valence-electron chi connectivity index (χ0n) is 46.8. The number of aromatic nitrogens is 9. The smallest absolute Gasteiger partial charge is 0.399 e. The van der Waals surface area contributed by atoms with Gasteiger partial charge in [0.2, 0.25) is 20.0 Å². The predicted octanol–water partition coefficient (Wildman–Crippen LogP) is 10.9. The van der Waals surface area contributed by atoms with E-state index in [0.717, 1.165) is 49.6 Å². The van der Waals surface area contributed by atoms with E-state index >= 15 is 0 Å². The number of sulfonamides is 2. The molecule has 7 aromatic rings. The van der Waals surface area contributed by atoms with Crippen LogP contribution in [0.15, 0.2) is 122 Å². The SMILES string of the molecule is Cc1nccc(Nc2cc(-c3cnc(Cl)c(S(=O)(=O)NC4CCC4)c3)ccn2)n1.Cc1nccc(Nc2cc(B3OC(C)(C)C(C)(C)O3)ccn2)n1.NC1CCC1.O=S(=O)(Cl)c1cc(Br)cnc1Cl.O=S(=O)(NC1CCC1)c1cc(Br)cnc1Cl. The lowest BCUT2D eigenvalue weighted by molar-refractivity contribution is 0.00578. The maximum Gasteiger partial charge on any atom is 0.495 e. The van der Waals surface area contributed by atoms with E-state index in [1.807, 2.05) is 46.8 Å². The lowest BCUT2D eigenvalue weighted by Gasteiger charge is -2.32. The van der Waals surface area contributed by atoms with E-state index in [1.54, 1.807) is 62.2 Å². The van der Waals surface area contributed by atoms with Gasteiger partial charge >= 0.3 is 7.12 Å². The molecule has 3 aliphatic carbocycles. The fourth-order valence-electron chi connectivity index (χ4n) is 7.63. The molecule has 8 heterocycles. The predicted molar refractivity (Wildman–Crippen MR) is 337 cm³/mol. The van der Waals surface area contributed by atoms with Crippen LogP contribution in [-0.4, -0.2) is 107 Å². The first-order valence-electron chi connectivity index (χ1n) is 26.4. The molecule has 0 atom stereocenters. The van der Waals surface area contributed by atoms with E-state index in [-0.39, 0.29) is 53.4 Å². The second-order valence-electron chi connectivity index (χ2n) is 20.7. The highest BCUT2D eigenvalue weighted by molar-refractivity contribution is 9.10. The zero-order chi connectivity index (χ0) is 61.9. The highest BCUT2D eigenvalue weighted by Crippen LogP contribution is 2.37.